The van der Waals surface area contributed by atoms with Gasteiger partial charge in [0.15, 0.2) is 0 Å². The Morgan fingerprint density at radius 1 is 1.19 bits per heavy atom. The van der Waals surface area contributed by atoms with Crippen molar-refractivity contribution in [2.45, 2.75) is 13.2 Å². The molecule has 0 aliphatic carbocycles. The van der Waals surface area contributed by atoms with Gasteiger partial charge in [-0.2, -0.15) is 0 Å². The van der Waals surface area contributed by atoms with Crippen LogP contribution in [0.4, 0.5) is 0 Å². The monoisotopic (exact) mass is 215 g/mol. The summed E-state index contributed by atoms with van der Waals surface area (Å²) in [7, 11) is 0. The van der Waals surface area contributed by atoms with Crippen LogP contribution in [0.25, 0.3) is 0 Å². The number of aromatic nitrogens is 2. The van der Waals surface area contributed by atoms with E-state index in [0.717, 1.165) is 11.1 Å². The van der Waals surface area contributed by atoms with Gasteiger partial charge >= 0.3 is 0 Å². The van der Waals surface area contributed by atoms with Crippen LogP contribution >= 0.6 is 0 Å². The van der Waals surface area contributed by atoms with E-state index in [0.29, 0.717) is 19.0 Å². The Kier molecular flexibility index (Phi) is 3.46. The van der Waals surface area contributed by atoms with E-state index in [-0.39, 0.29) is 0 Å². The summed E-state index contributed by atoms with van der Waals surface area (Å²) in [5.41, 5.74) is 7.51. The number of ether oxygens (including phenoxy) is 1. The third-order valence-corrected chi connectivity index (χ3v) is 2.17. The van der Waals surface area contributed by atoms with Gasteiger partial charge in [0.1, 0.15) is 6.61 Å². The average Bonchev–Trinajstić information content (AvgIpc) is 2.38. The summed E-state index contributed by atoms with van der Waals surface area (Å²) < 4.78 is 5.58. The van der Waals surface area contributed by atoms with Crippen molar-refractivity contribution in [3.63, 3.8) is 0 Å². The normalized spacial score (nSPS) is 10.1. The van der Waals surface area contributed by atoms with Crippen LogP contribution in [0.1, 0.15) is 11.1 Å². The summed E-state index contributed by atoms with van der Waals surface area (Å²) in [5, 5.41) is 0. The maximum Gasteiger partial charge on any atom is 0.218 e. The summed E-state index contributed by atoms with van der Waals surface area (Å²) in [5.74, 6) is 0.592. The van der Waals surface area contributed by atoms with E-state index in [1.54, 1.807) is 18.6 Å². The van der Waals surface area contributed by atoms with Gasteiger partial charge < -0.3 is 10.5 Å². The van der Waals surface area contributed by atoms with Gasteiger partial charge in [0, 0.05) is 36.3 Å². The molecular weight excluding hydrogens is 202 g/mol. The molecule has 0 amide bonds. The third-order valence-electron chi connectivity index (χ3n) is 2.17. The second-order valence-corrected chi connectivity index (χ2v) is 3.32. The molecule has 2 heterocycles. The predicted molar refractivity (Wildman–Crippen MR) is 60.7 cm³/mol. The minimum Gasteiger partial charge on any atom is -0.473 e. The first-order chi connectivity index (χ1) is 7.90. The SMILES string of the molecule is NCc1cccnc1OCc1cccnc1. The smallest absolute Gasteiger partial charge is 0.218 e. The minimum atomic E-state index is 0.427. The van der Waals surface area contributed by atoms with Crippen molar-refractivity contribution >= 4 is 0 Å². The van der Waals surface area contributed by atoms with Gasteiger partial charge in [0.25, 0.3) is 0 Å². The quantitative estimate of drug-likeness (QED) is 0.839. The molecule has 0 saturated heterocycles. The standard InChI is InChI=1S/C12H13N3O/c13-7-11-4-2-6-15-12(11)16-9-10-3-1-5-14-8-10/h1-6,8H,7,9,13H2. The molecule has 0 unspecified atom stereocenters. The van der Waals surface area contributed by atoms with Gasteiger partial charge in [-0.3, -0.25) is 4.98 Å². The van der Waals surface area contributed by atoms with Crippen molar-refractivity contribution in [2.24, 2.45) is 5.73 Å². The van der Waals surface area contributed by atoms with Crippen LogP contribution in [-0.4, -0.2) is 9.97 Å². The first kappa shape index (κ1) is 10.6. The van der Waals surface area contributed by atoms with Crippen molar-refractivity contribution in [1.82, 2.24) is 9.97 Å². The van der Waals surface area contributed by atoms with Gasteiger partial charge in [0.2, 0.25) is 5.88 Å². The Labute approximate surface area is 94.1 Å². The molecule has 2 N–H and O–H groups in total. The highest BCUT2D eigenvalue weighted by Gasteiger charge is 2.02. The molecule has 0 fully saturated rings. The Morgan fingerprint density at radius 2 is 2.06 bits per heavy atom. The predicted octanol–water partition coefficient (Wildman–Crippen LogP) is 1.51. The molecule has 4 nitrogen and oxygen atoms in total. The molecule has 0 aliphatic heterocycles. The highest BCUT2D eigenvalue weighted by Crippen LogP contribution is 2.14. The van der Waals surface area contributed by atoms with Gasteiger partial charge in [-0.05, 0) is 12.1 Å². The van der Waals surface area contributed by atoms with E-state index >= 15 is 0 Å². The fourth-order valence-corrected chi connectivity index (χ4v) is 1.34. The van der Waals surface area contributed by atoms with E-state index in [9.17, 15) is 0 Å². The van der Waals surface area contributed by atoms with Gasteiger partial charge in [-0.25, -0.2) is 4.98 Å². The molecule has 16 heavy (non-hydrogen) atoms. The van der Waals surface area contributed by atoms with Gasteiger partial charge in [0.05, 0.1) is 0 Å². The zero-order chi connectivity index (χ0) is 11.2. The number of nitrogens with zero attached hydrogens (tertiary/aromatic N) is 2. The van der Waals surface area contributed by atoms with Crippen LogP contribution in [0.5, 0.6) is 5.88 Å². The maximum atomic E-state index is 5.59. The number of rotatable bonds is 4. The highest BCUT2D eigenvalue weighted by atomic mass is 16.5. The van der Waals surface area contributed by atoms with Crippen molar-refractivity contribution < 1.29 is 4.74 Å². The molecule has 0 atom stereocenters. The fourth-order valence-electron chi connectivity index (χ4n) is 1.34. The number of pyridine rings is 2. The van der Waals surface area contributed by atoms with Gasteiger partial charge in [-0.1, -0.05) is 12.1 Å². The summed E-state index contributed by atoms with van der Waals surface area (Å²) in [6.45, 7) is 0.883. The van der Waals surface area contributed by atoms with Crippen LogP contribution < -0.4 is 10.5 Å². The van der Waals surface area contributed by atoms with Gasteiger partial charge in [-0.15, -0.1) is 0 Å². The molecule has 2 aromatic rings. The van der Waals surface area contributed by atoms with E-state index in [2.05, 4.69) is 9.97 Å². The molecule has 82 valence electrons. The Hall–Kier alpha value is -1.94. The fraction of sp³-hybridized carbons (Fsp3) is 0.167. The van der Waals surface area contributed by atoms with E-state index in [1.807, 2.05) is 24.3 Å². The van der Waals surface area contributed by atoms with Crippen molar-refractivity contribution in [1.29, 1.82) is 0 Å². The third kappa shape index (κ3) is 2.55. The first-order valence-electron chi connectivity index (χ1n) is 5.06. The highest BCUT2D eigenvalue weighted by molar-refractivity contribution is 5.25. The Morgan fingerprint density at radius 3 is 2.81 bits per heavy atom. The van der Waals surface area contributed by atoms with Crippen molar-refractivity contribution in [3.8, 4) is 5.88 Å². The second kappa shape index (κ2) is 5.23. The van der Waals surface area contributed by atoms with Crippen molar-refractivity contribution in [3.05, 3.63) is 54.0 Å². The van der Waals surface area contributed by atoms with Crippen LogP contribution in [-0.2, 0) is 13.2 Å². The lowest BCUT2D eigenvalue weighted by molar-refractivity contribution is 0.290. The topological polar surface area (TPSA) is 61.0 Å². The number of nitrogens with two attached hydrogens (primary N) is 1. The summed E-state index contributed by atoms with van der Waals surface area (Å²) >= 11 is 0. The zero-order valence-corrected chi connectivity index (χ0v) is 8.84. The Bertz CT molecular complexity index is 445. The van der Waals surface area contributed by atoms with Crippen molar-refractivity contribution in [2.75, 3.05) is 0 Å². The van der Waals surface area contributed by atoms with E-state index < -0.39 is 0 Å². The largest absolute Gasteiger partial charge is 0.473 e. The molecular formula is C12H13N3O. The second-order valence-electron chi connectivity index (χ2n) is 3.32. The molecule has 2 aromatic heterocycles. The zero-order valence-electron chi connectivity index (χ0n) is 8.84. The summed E-state index contributed by atoms with van der Waals surface area (Å²) in [6.07, 6.45) is 5.19. The van der Waals surface area contributed by atoms with E-state index in [4.69, 9.17) is 10.5 Å². The molecule has 2 rings (SSSR count). The number of hydrogen-bond donors (Lipinski definition) is 1. The van der Waals surface area contributed by atoms with Crippen LogP contribution in [0.2, 0.25) is 0 Å². The molecule has 0 radical (unpaired) electrons. The first-order valence-corrected chi connectivity index (χ1v) is 5.06. The van der Waals surface area contributed by atoms with Crippen LogP contribution in [0, 0.1) is 0 Å². The lowest BCUT2D eigenvalue weighted by Gasteiger charge is -2.08. The van der Waals surface area contributed by atoms with Crippen LogP contribution in [0.15, 0.2) is 42.9 Å². The number of hydrogen-bond acceptors (Lipinski definition) is 4. The van der Waals surface area contributed by atoms with Crippen LogP contribution in [0.3, 0.4) is 0 Å². The minimum absolute atomic E-state index is 0.427. The maximum absolute atomic E-state index is 5.59. The molecule has 0 saturated carbocycles. The lowest BCUT2D eigenvalue weighted by Crippen LogP contribution is -2.04. The molecule has 0 aromatic carbocycles. The molecule has 0 spiro atoms. The average molecular weight is 215 g/mol. The van der Waals surface area contributed by atoms with E-state index in [1.165, 1.54) is 0 Å². The molecule has 4 heteroatoms. The summed E-state index contributed by atoms with van der Waals surface area (Å²) in [4.78, 5) is 8.16. The molecule has 0 bridgehead atoms. The Balaban J connectivity index is 2.05. The summed E-state index contributed by atoms with van der Waals surface area (Å²) in [6, 6.07) is 7.59. The molecule has 0 aliphatic rings. The lowest BCUT2D eigenvalue weighted by atomic mass is 10.2.